The number of ether oxygens (including phenoxy) is 1. The minimum atomic E-state index is -0.00282. The van der Waals surface area contributed by atoms with Gasteiger partial charge in [0.05, 0.1) is 24.3 Å². The maximum atomic E-state index is 8.86. The molecule has 1 aliphatic heterocycles. The van der Waals surface area contributed by atoms with Gasteiger partial charge in [-0.3, -0.25) is 0 Å². The van der Waals surface area contributed by atoms with Gasteiger partial charge >= 0.3 is 0 Å². The summed E-state index contributed by atoms with van der Waals surface area (Å²) in [7, 11) is 0. The van der Waals surface area contributed by atoms with Gasteiger partial charge in [-0.2, -0.15) is 5.26 Å². The molecule has 2 heterocycles. The van der Waals surface area contributed by atoms with E-state index in [1.54, 1.807) is 18.3 Å². The molecule has 5 heteroatoms. The molecule has 0 bridgehead atoms. The Morgan fingerprint density at radius 1 is 1.71 bits per heavy atom. The molecule has 2 N–H and O–H groups in total. The zero-order chi connectivity index (χ0) is 12.3. The number of nitrogens with zero attached hydrogens (tertiary/aromatic N) is 3. The molecule has 0 amide bonds. The van der Waals surface area contributed by atoms with Gasteiger partial charge in [0.1, 0.15) is 5.82 Å². The van der Waals surface area contributed by atoms with Gasteiger partial charge in [-0.05, 0) is 19.1 Å². The second-order valence-corrected chi connectivity index (χ2v) is 4.23. The lowest BCUT2D eigenvalue weighted by atomic mass is 10.1. The van der Waals surface area contributed by atoms with E-state index in [1.807, 2.05) is 6.92 Å². The standard InChI is InChI=1S/C12H16N4O/c1-9(14)11-8-16(4-5-17-11)12-6-10(7-13)2-3-15-12/h2-3,6,9,11H,4-5,8,14H2,1H3. The van der Waals surface area contributed by atoms with Crippen LogP contribution in [0.3, 0.4) is 0 Å². The van der Waals surface area contributed by atoms with E-state index in [2.05, 4.69) is 16.0 Å². The summed E-state index contributed by atoms with van der Waals surface area (Å²) in [4.78, 5) is 6.39. The van der Waals surface area contributed by atoms with Gasteiger partial charge in [0.2, 0.25) is 0 Å². The minimum absolute atomic E-state index is 0.00282. The van der Waals surface area contributed by atoms with Gasteiger partial charge in [-0.15, -0.1) is 0 Å². The fourth-order valence-electron chi connectivity index (χ4n) is 1.86. The third-order valence-electron chi connectivity index (χ3n) is 2.88. The van der Waals surface area contributed by atoms with Crippen LogP contribution in [0.2, 0.25) is 0 Å². The number of hydrogen-bond donors (Lipinski definition) is 1. The van der Waals surface area contributed by atoms with Crippen molar-refractivity contribution in [3.8, 4) is 6.07 Å². The molecule has 2 atom stereocenters. The number of nitrogens with two attached hydrogens (primary N) is 1. The molecule has 0 spiro atoms. The highest BCUT2D eigenvalue weighted by Crippen LogP contribution is 2.17. The van der Waals surface area contributed by atoms with E-state index in [0.29, 0.717) is 12.2 Å². The predicted octanol–water partition coefficient (Wildman–Crippen LogP) is 0.506. The van der Waals surface area contributed by atoms with Crippen molar-refractivity contribution in [2.24, 2.45) is 5.73 Å². The van der Waals surface area contributed by atoms with Gasteiger partial charge in [-0.1, -0.05) is 0 Å². The normalized spacial score (nSPS) is 21.9. The zero-order valence-corrected chi connectivity index (χ0v) is 9.84. The quantitative estimate of drug-likeness (QED) is 0.804. The Bertz CT molecular complexity index is 427. The second kappa shape index (κ2) is 5.13. The summed E-state index contributed by atoms with van der Waals surface area (Å²) < 4.78 is 5.59. The van der Waals surface area contributed by atoms with Crippen LogP contribution in [-0.2, 0) is 4.74 Å². The maximum Gasteiger partial charge on any atom is 0.129 e. The van der Waals surface area contributed by atoms with Crippen LogP contribution in [-0.4, -0.2) is 36.8 Å². The lowest BCUT2D eigenvalue weighted by molar-refractivity contribution is 0.0273. The van der Waals surface area contributed by atoms with E-state index < -0.39 is 0 Å². The molecule has 90 valence electrons. The van der Waals surface area contributed by atoms with Crippen LogP contribution in [0, 0.1) is 11.3 Å². The molecule has 1 saturated heterocycles. The van der Waals surface area contributed by atoms with Gasteiger partial charge < -0.3 is 15.4 Å². The van der Waals surface area contributed by atoms with E-state index in [9.17, 15) is 0 Å². The first kappa shape index (κ1) is 11.8. The van der Waals surface area contributed by atoms with Crippen molar-refractivity contribution in [2.45, 2.75) is 19.1 Å². The van der Waals surface area contributed by atoms with E-state index in [-0.39, 0.29) is 12.1 Å². The number of pyridine rings is 1. The zero-order valence-electron chi connectivity index (χ0n) is 9.84. The fourth-order valence-corrected chi connectivity index (χ4v) is 1.86. The summed E-state index contributed by atoms with van der Waals surface area (Å²) in [5.41, 5.74) is 6.46. The monoisotopic (exact) mass is 232 g/mol. The van der Waals surface area contributed by atoms with Crippen molar-refractivity contribution in [3.63, 3.8) is 0 Å². The molecule has 1 aromatic heterocycles. The average Bonchev–Trinajstić information content (AvgIpc) is 2.39. The largest absolute Gasteiger partial charge is 0.373 e. The molecule has 2 rings (SSSR count). The highest BCUT2D eigenvalue weighted by molar-refractivity contribution is 5.45. The van der Waals surface area contributed by atoms with E-state index in [1.165, 1.54) is 0 Å². The third kappa shape index (κ3) is 2.73. The SMILES string of the molecule is CC(N)C1CN(c2cc(C#N)ccn2)CCO1. The van der Waals surface area contributed by atoms with Crippen LogP contribution in [0.15, 0.2) is 18.3 Å². The Morgan fingerprint density at radius 2 is 2.53 bits per heavy atom. The Hall–Kier alpha value is -1.64. The first-order valence-electron chi connectivity index (χ1n) is 5.69. The van der Waals surface area contributed by atoms with Crippen molar-refractivity contribution >= 4 is 5.82 Å². The number of nitriles is 1. The van der Waals surface area contributed by atoms with Crippen molar-refractivity contribution in [3.05, 3.63) is 23.9 Å². The van der Waals surface area contributed by atoms with Crippen LogP contribution < -0.4 is 10.6 Å². The lowest BCUT2D eigenvalue weighted by Gasteiger charge is -2.35. The topological polar surface area (TPSA) is 75.2 Å². The summed E-state index contributed by atoms with van der Waals surface area (Å²) in [6, 6.07) is 5.61. The fraction of sp³-hybridized carbons (Fsp3) is 0.500. The Labute approximate surface area is 101 Å². The van der Waals surface area contributed by atoms with Crippen molar-refractivity contribution < 1.29 is 4.74 Å². The number of aromatic nitrogens is 1. The molecular formula is C12H16N4O. The van der Waals surface area contributed by atoms with Crippen molar-refractivity contribution in [1.82, 2.24) is 4.98 Å². The van der Waals surface area contributed by atoms with Gasteiger partial charge in [0.25, 0.3) is 0 Å². The number of hydrogen-bond acceptors (Lipinski definition) is 5. The maximum absolute atomic E-state index is 8.86. The smallest absolute Gasteiger partial charge is 0.129 e. The number of morpholine rings is 1. The van der Waals surface area contributed by atoms with E-state index in [0.717, 1.165) is 18.9 Å². The molecule has 1 aliphatic rings. The summed E-state index contributed by atoms with van der Waals surface area (Å²) in [6.07, 6.45) is 1.68. The van der Waals surface area contributed by atoms with Crippen LogP contribution >= 0.6 is 0 Å². The summed E-state index contributed by atoms with van der Waals surface area (Å²) in [5.74, 6) is 0.818. The van der Waals surface area contributed by atoms with Crippen LogP contribution in [0.5, 0.6) is 0 Å². The molecule has 0 radical (unpaired) electrons. The molecule has 1 aromatic rings. The molecule has 1 fully saturated rings. The first-order chi connectivity index (χ1) is 8.20. The third-order valence-corrected chi connectivity index (χ3v) is 2.88. The molecule has 0 aromatic carbocycles. The van der Waals surface area contributed by atoms with Crippen molar-refractivity contribution in [1.29, 1.82) is 5.26 Å². The highest BCUT2D eigenvalue weighted by Gasteiger charge is 2.24. The van der Waals surface area contributed by atoms with Crippen LogP contribution in [0.25, 0.3) is 0 Å². The highest BCUT2D eigenvalue weighted by atomic mass is 16.5. The summed E-state index contributed by atoms with van der Waals surface area (Å²) in [5, 5.41) is 8.86. The van der Waals surface area contributed by atoms with Crippen molar-refractivity contribution in [2.75, 3.05) is 24.6 Å². The Kier molecular flexibility index (Phi) is 3.57. The number of anilines is 1. The van der Waals surface area contributed by atoms with Gasteiger partial charge in [0.15, 0.2) is 0 Å². The van der Waals surface area contributed by atoms with E-state index >= 15 is 0 Å². The molecule has 0 saturated carbocycles. The average molecular weight is 232 g/mol. The minimum Gasteiger partial charge on any atom is -0.373 e. The van der Waals surface area contributed by atoms with E-state index in [4.69, 9.17) is 15.7 Å². The predicted molar refractivity (Wildman–Crippen MR) is 64.6 cm³/mol. The molecule has 17 heavy (non-hydrogen) atoms. The first-order valence-corrected chi connectivity index (χ1v) is 5.69. The van der Waals surface area contributed by atoms with Crippen LogP contribution in [0.4, 0.5) is 5.82 Å². The molecule has 5 nitrogen and oxygen atoms in total. The number of rotatable bonds is 2. The second-order valence-electron chi connectivity index (χ2n) is 4.23. The lowest BCUT2D eigenvalue weighted by Crippen LogP contribution is -2.49. The summed E-state index contributed by atoms with van der Waals surface area (Å²) >= 11 is 0. The Balaban J connectivity index is 2.13. The Morgan fingerprint density at radius 3 is 3.24 bits per heavy atom. The molecular weight excluding hydrogens is 216 g/mol. The molecule has 0 aliphatic carbocycles. The van der Waals surface area contributed by atoms with Gasteiger partial charge in [0, 0.05) is 25.3 Å². The van der Waals surface area contributed by atoms with Gasteiger partial charge in [-0.25, -0.2) is 4.98 Å². The molecule has 2 unspecified atom stereocenters. The van der Waals surface area contributed by atoms with Crippen LogP contribution in [0.1, 0.15) is 12.5 Å². The summed E-state index contributed by atoms with van der Waals surface area (Å²) in [6.45, 7) is 4.09.